The lowest BCUT2D eigenvalue weighted by Gasteiger charge is -2.27. The molecule has 5 rings (SSSR count). The number of carbonyl (C=O) groups excluding carboxylic acids is 3. The number of benzene rings is 2. The fraction of sp³-hybridized carbons (Fsp3) is 0.375. The number of hydrogen-bond acceptors (Lipinski definition) is 6. The average molecular weight is 499 g/mol. The molecular weight excluding hydrogens is 472 g/mol. The molecule has 3 aliphatic rings. The maximum atomic E-state index is 13.3. The summed E-state index contributed by atoms with van der Waals surface area (Å²) in [7, 11) is -3.76. The maximum absolute atomic E-state index is 13.3. The summed E-state index contributed by atoms with van der Waals surface area (Å²) in [6.07, 6.45) is 1.10. The number of amides is 4. The zero-order valence-electron chi connectivity index (χ0n) is 19.2. The van der Waals surface area contributed by atoms with E-state index in [0.29, 0.717) is 31.6 Å². The molecule has 0 saturated carbocycles. The van der Waals surface area contributed by atoms with Crippen molar-refractivity contribution < 1.29 is 27.5 Å². The molecule has 2 aromatic rings. The third kappa shape index (κ3) is 3.99. The number of imide groups is 1. The van der Waals surface area contributed by atoms with Crippen LogP contribution in [0.25, 0.3) is 0 Å². The predicted octanol–water partition coefficient (Wildman–Crippen LogP) is 1.35. The van der Waals surface area contributed by atoms with Crippen molar-refractivity contribution in [2.45, 2.75) is 30.2 Å². The molecule has 1 atom stereocenters. The Morgan fingerprint density at radius 3 is 2.66 bits per heavy atom. The highest BCUT2D eigenvalue weighted by Gasteiger charge is 2.55. The summed E-state index contributed by atoms with van der Waals surface area (Å²) in [6.45, 7) is 2.38. The fourth-order valence-corrected chi connectivity index (χ4v) is 6.62. The van der Waals surface area contributed by atoms with Crippen molar-refractivity contribution >= 4 is 33.6 Å². The number of urea groups is 1. The van der Waals surface area contributed by atoms with Crippen LogP contribution in [0.15, 0.2) is 47.4 Å². The first-order chi connectivity index (χ1) is 16.7. The van der Waals surface area contributed by atoms with E-state index in [4.69, 9.17) is 4.74 Å². The van der Waals surface area contributed by atoms with Crippen molar-refractivity contribution in [1.29, 1.82) is 0 Å². The van der Waals surface area contributed by atoms with Gasteiger partial charge in [0.05, 0.1) is 18.1 Å². The van der Waals surface area contributed by atoms with Crippen LogP contribution < -0.4 is 10.6 Å². The summed E-state index contributed by atoms with van der Waals surface area (Å²) in [5.74, 6) is -1.06. The number of rotatable bonds is 5. The van der Waals surface area contributed by atoms with Crippen LogP contribution in [-0.2, 0) is 36.3 Å². The van der Waals surface area contributed by atoms with Crippen LogP contribution in [0.4, 0.5) is 10.5 Å². The van der Waals surface area contributed by atoms with E-state index in [2.05, 4.69) is 10.6 Å². The van der Waals surface area contributed by atoms with E-state index >= 15 is 0 Å². The molecule has 0 aromatic heterocycles. The summed E-state index contributed by atoms with van der Waals surface area (Å²) in [4.78, 5) is 39.7. The summed E-state index contributed by atoms with van der Waals surface area (Å²) in [5, 5.41) is 5.42. The lowest BCUT2D eigenvalue weighted by Crippen LogP contribution is -2.43. The molecule has 1 unspecified atom stereocenters. The molecule has 2 aliphatic heterocycles. The first-order valence-electron chi connectivity index (χ1n) is 11.4. The molecule has 0 bridgehead atoms. The highest BCUT2D eigenvalue weighted by molar-refractivity contribution is 7.89. The van der Waals surface area contributed by atoms with Crippen molar-refractivity contribution in [1.82, 2.24) is 14.5 Å². The van der Waals surface area contributed by atoms with Crippen molar-refractivity contribution in [3.8, 4) is 0 Å². The Labute approximate surface area is 203 Å². The van der Waals surface area contributed by atoms with Crippen molar-refractivity contribution in [2.75, 3.05) is 38.2 Å². The Morgan fingerprint density at radius 2 is 1.89 bits per heavy atom. The van der Waals surface area contributed by atoms with Gasteiger partial charge in [-0.1, -0.05) is 30.3 Å². The Kier molecular flexibility index (Phi) is 5.86. The molecule has 2 aromatic carbocycles. The zero-order valence-corrected chi connectivity index (χ0v) is 20.1. The van der Waals surface area contributed by atoms with Gasteiger partial charge in [-0.25, -0.2) is 13.2 Å². The van der Waals surface area contributed by atoms with Gasteiger partial charge in [0.25, 0.3) is 5.91 Å². The molecule has 1 aliphatic carbocycles. The van der Waals surface area contributed by atoms with Gasteiger partial charge in [-0.3, -0.25) is 14.5 Å². The number of carbonyl (C=O) groups is 3. The minimum atomic E-state index is -3.76. The lowest BCUT2D eigenvalue weighted by atomic mass is 9.92. The average Bonchev–Trinajstić information content (AvgIpc) is 3.33. The van der Waals surface area contributed by atoms with Crippen LogP contribution in [0.1, 0.15) is 23.1 Å². The van der Waals surface area contributed by atoms with Crippen LogP contribution in [0.2, 0.25) is 0 Å². The molecule has 11 heteroatoms. The molecule has 10 nitrogen and oxygen atoms in total. The van der Waals surface area contributed by atoms with Crippen LogP contribution >= 0.6 is 0 Å². The van der Waals surface area contributed by atoms with E-state index < -0.39 is 40.0 Å². The zero-order chi connectivity index (χ0) is 24.8. The van der Waals surface area contributed by atoms with E-state index in [1.165, 1.54) is 10.4 Å². The summed E-state index contributed by atoms with van der Waals surface area (Å²) in [6, 6.07) is 11.4. The highest BCUT2D eigenvalue weighted by Crippen LogP contribution is 2.41. The maximum Gasteiger partial charge on any atom is 0.325 e. The number of hydrogen-bond donors (Lipinski definition) is 2. The van der Waals surface area contributed by atoms with Gasteiger partial charge in [0.15, 0.2) is 0 Å². The monoisotopic (exact) mass is 498 g/mol. The summed E-state index contributed by atoms with van der Waals surface area (Å²) < 4.78 is 32.8. The van der Waals surface area contributed by atoms with Crippen molar-refractivity contribution in [3.63, 3.8) is 0 Å². The van der Waals surface area contributed by atoms with Crippen LogP contribution in [0, 0.1) is 6.92 Å². The van der Waals surface area contributed by atoms with E-state index in [9.17, 15) is 22.8 Å². The molecule has 1 spiro atoms. The number of anilines is 1. The van der Waals surface area contributed by atoms with Crippen LogP contribution in [0.3, 0.4) is 0 Å². The molecule has 2 N–H and O–H groups in total. The normalized spacial score (nSPS) is 22.4. The Hall–Kier alpha value is -3.28. The van der Waals surface area contributed by atoms with Gasteiger partial charge >= 0.3 is 6.03 Å². The second-order valence-corrected chi connectivity index (χ2v) is 10.8. The number of nitrogens with one attached hydrogen (secondary N) is 2. The number of sulfonamides is 1. The quantitative estimate of drug-likeness (QED) is 0.600. The third-order valence-electron chi connectivity index (χ3n) is 6.78. The first kappa shape index (κ1) is 23.5. The number of morpholine rings is 1. The van der Waals surface area contributed by atoms with Crippen LogP contribution in [-0.4, -0.2) is 68.3 Å². The number of fused-ring (bicyclic) bond motifs is 2. The van der Waals surface area contributed by atoms with Gasteiger partial charge in [0.2, 0.25) is 15.9 Å². The Balaban J connectivity index is 1.32. The Morgan fingerprint density at radius 1 is 1.14 bits per heavy atom. The van der Waals surface area contributed by atoms with E-state index in [1.807, 2.05) is 24.3 Å². The van der Waals surface area contributed by atoms with Crippen molar-refractivity contribution in [2.24, 2.45) is 0 Å². The van der Waals surface area contributed by atoms with E-state index in [-0.39, 0.29) is 23.7 Å². The third-order valence-corrected chi connectivity index (χ3v) is 8.82. The van der Waals surface area contributed by atoms with Gasteiger partial charge in [0, 0.05) is 18.8 Å². The van der Waals surface area contributed by atoms with Gasteiger partial charge in [-0.15, -0.1) is 0 Å². The summed E-state index contributed by atoms with van der Waals surface area (Å²) in [5.41, 5.74) is 1.43. The molecule has 2 saturated heterocycles. The highest BCUT2D eigenvalue weighted by atomic mass is 32.2. The molecular formula is C24H26N4O6S. The minimum Gasteiger partial charge on any atom is -0.379 e. The topological polar surface area (TPSA) is 125 Å². The van der Waals surface area contributed by atoms with Gasteiger partial charge in [-0.2, -0.15) is 4.31 Å². The predicted molar refractivity (Wildman–Crippen MR) is 126 cm³/mol. The SMILES string of the molecule is Cc1ccc(NC(=O)CN2C(=O)NC3(CCc4ccccc43)C2=O)cc1S(=O)(=O)N1CCOCC1. The van der Waals surface area contributed by atoms with E-state index in [1.54, 1.807) is 19.1 Å². The lowest BCUT2D eigenvalue weighted by molar-refractivity contribution is -0.134. The smallest absolute Gasteiger partial charge is 0.325 e. The van der Waals surface area contributed by atoms with Crippen molar-refractivity contribution in [3.05, 3.63) is 59.2 Å². The molecule has 35 heavy (non-hydrogen) atoms. The molecule has 0 radical (unpaired) electrons. The Bertz CT molecular complexity index is 1320. The number of nitrogens with zero attached hydrogens (tertiary/aromatic N) is 2. The second-order valence-electron chi connectivity index (χ2n) is 8.93. The fourth-order valence-electron chi connectivity index (χ4n) is 4.96. The van der Waals surface area contributed by atoms with Crippen LogP contribution in [0.5, 0.6) is 0 Å². The molecule has 184 valence electrons. The summed E-state index contributed by atoms with van der Waals surface area (Å²) >= 11 is 0. The van der Waals surface area contributed by atoms with Gasteiger partial charge in [0.1, 0.15) is 12.1 Å². The minimum absolute atomic E-state index is 0.0914. The van der Waals surface area contributed by atoms with Gasteiger partial charge in [-0.05, 0) is 48.6 Å². The van der Waals surface area contributed by atoms with E-state index in [0.717, 1.165) is 16.0 Å². The number of aryl methyl sites for hydroxylation is 2. The number of ether oxygens (including phenoxy) is 1. The molecule has 4 amide bonds. The standard InChI is InChI=1S/C24H26N4O6S/c1-16-6-7-18(14-20(16)35(32,33)27-10-12-34-13-11-27)25-21(29)15-28-22(30)24(26-23(28)31)9-8-17-4-2-3-5-19(17)24/h2-7,14H,8-13,15H2,1H3,(H,25,29)(H,26,31). The van der Waals surface area contributed by atoms with Gasteiger partial charge < -0.3 is 15.4 Å². The largest absolute Gasteiger partial charge is 0.379 e. The molecule has 2 heterocycles. The molecule has 2 fully saturated rings. The first-order valence-corrected chi connectivity index (χ1v) is 12.9. The second kappa shape index (κ2) is 8.74.